The Morgan fingerprint density at radius 3 is 2.67 bits per heavy atom. The summed E-state index contributed by atoms with van der Waals surface area (Å²) in [6.07, 6.45) is 5.16. The maximum absolute atomic E-state index is 12.2. The number of ether oxygens (including phenoxy) is 1. The zero-order valence-electron chi connectivity index (χ0n) is 8.59. The van der Waals surface area contributed by atoms with E-state index in [1.165, 1.54) is 6.26 Å². The van der Waals surface area contributed by atoms with E-state index in [0.717, 1.165) is 25.7 Å². The lowest BCUT2D eigenvalue weighted by atomic mass is 9.94. The molecular weight excluding hydrogens is 260 g/mol. The molecule has 0 N–H and O–H groups in total. The van der Waals surface area contributed by atoms with Crippen LogP contribution in [-0.4, -0.2) is 18.5 Å². The smallest absolute Gasteiger partial charge is 0.230 e. The van der Waals surface area contributed by atoms with Crippen molar-refractivity contribution < 1.29 is 13.9 Å². The molecule has 0 spiro atoms. The molecule has 0 aliphatic heterocycles. The Bertz CT molecular complexity index is 364. The van der Waals surface area contributed by atoms with Gasteiger partial charge in [-0.2, -0.15) is 0 Å². The van der Waals surface area contributed by atoms with Crippen LogP contribution in [0.1, 0.15) is 36.2 Å². The van der Waals surface area contributed by atoms with Crippen molar-refractivity contribution in [2.75, 3.05) is 7.11 Å². The SMILES string of the molecule is COC1(C(=O)c2occc2Br)CCCC1. The minimum absolute atomic E-state index is 0.0422. The van der Waals surface area contributed by atoms with Gasteiger partial charge in [0.25, 0.3) is 0 Å². The highest BCUT2D eigenvalue weighted by molar-refractivity contribution is 9.10. The molecule has 1 heterocycles. The molecule has 0 aromatic carbocycles. The minimum Gasteiger partial charge on any atom is -0.460 e. The Morgan fingerprint density at radius 2 is 2.20 bits per heavy atom. The van der Waals surface area contributed by atoms with Crippen LogP contribution in [0.3, 0.4) is 0 Å². The molecular formula is C11H13BrO3. The first-order chi connectivity index (χ1) is 7.19. The molecule has 1 aliphatic rings. The Morgan fingerprint density at radius 1 is 1.53 bits per heavy atom. The van der Waals surface area contributed by atoms with Crippen LogP contribution >= 0.6 is 15.9 Å². The van der Waals surface area contributed by atoms with Crippen molar-refractivity contribution in [3.05, 3.63) is 22.6 Å². The van der Waals surface area contributed by atoms with Gasteiger partial charge in [0.1, 0.15) is 5.60 Å². The quantitative estimate of drug-likeness (QED) is 0.794. The summed E-state index contributed by atoms with van der Waals surface area (Å²) in [5.41, 5.74) is -0.652. The molecule has 0 radical (unpaired) electrons. The minimum atomic E-state index is -0.652. The van der Waals surface area contributed by atoms with Crippen LogP contribution < -0.4 is 0 Å². The number of halogens is 1. The summed E-state index contributed by atoms with van der Waals surface area (Å²) in [5, 5.41) is 0. The number of carbonyl (C=O) groups is 1. The molecule has 3 nitrogen and oxygen atoms in total. The molecule has 4 heteroatoms. The second-order valence-electron chi connectivity index (χ2n) is 3.83. The van der Waals surface area contributed by atoms with Crippen LogP contribution in [0.15, 0.2) is 21.2 Å². The van der Waals surface area contributed by atoms with E-state index < -0.39 is 5.60 Å². The molecule has 1 fully saturated rings. The monoisotopic (exact) mass is 272 g/mol. The van der Waals surface area contributed by atoms with Crippen molar-refractivity contribution in [3.8, 4) is 0 Å². The number of Topliss-reactive ketones (excluding diaryl/α,β-unsaturated/α-hetero) is 1. The molecule has 0 unspecified atom stereocenters. The van der Waals surface area contributed by atoms with Crippen LogP contribution in [0.4, 0.5) is 0 Å². The maximum atomic E-state index is 12.2. The van der Waals surface area contributed by atoms with Gasteiger partial charge in [-0.3, -0.25) is 4.79 Å². The molecule has 1 aromatic rings. The number of rotatable bonds is 3. The number of hydrogen-bond acceptors (Lipinski definition) is 3. The fourth-order valence-corrected chi connectivity index (χ4v) is 2.51. The number of methoxy groups -OCH3 is 1. The third-order valence-corrected chi connectivity index (χ3v) is 3.66. The second-order valence-corrected chi connectivity index (χ2v) is 4.69. The van der Waals surface area contributed by atoms with Crippen LogP contribution in [0.2, 0.25) is 0 Å². The fraction of sp³-hybridized carbons (Fsp3) is 0.545. The molecule has 1 aliphatic carbocycles. The molecule has 15 heavy (non-hydrogen) atoms. The first kappa shape index (κ1) is 10.9. The lowest BCUT2D eigenvalue weighted by Gasteiger charge is -2.24. The van der Waals surface area contributed by atoms with E-state index in [1.807, 2.05) is 0 Å². The summed E-state index contributed by atoms with van der Waals surface area (Å²) >= 11 is 3.30. The lowest BCUT2D eigenvalue weighted by molar-refractivity contribution is 0.00378. The summed E-state index contributed by atoms with van der Waals surface area (Å²) < 4.78 is 11.3. The van der Waals surface area contributed by atoms with Crippen LogP contribution in [0, 0.1) is 0 Å². The zero-order chi connectivity index (χ0) is 10.9. The van der Waals surface area contributed by atoms with Crippen LogP contribution in [0.5, 0.6) is 0 Å². The summed E-state index contributed by atoms with van der Waals surface area (Å²) in [4.78, 5) is 12.2. The van der Waals surface area contributed by atoms with Crippen LogP contribution in [-0.2, 0) is 4.74 Å². The van der Waals surface area contributed by atoms with E-state index in [9.17, 15) is 4.79 Å². The van der Waals surface area contributed by atoms with Gasteiger partial charge in [0.2, 0.25) is 5.78 Å². The Hall–Kier alpha value is -0.610. The van der Waals surface area contributed by atoms with Crippen molar-refractivity contribution in [2.24, 2.45) is 0 Å². The number of furan rings is 1. The molecule has 1 saturated carbocycles. The standard InChI is InChI=1S/C11H13BrO3/c1-14-11(5-2-3-6-11)10(13)9-8(12)4-7-15-9/h4,7H,2-3,5-6H2,1H3. The molecule has 2 rings (SSSR count). The third-order valence-electron chi connectivity index (χ3n) is 3.04. The van der Waals surface area contributed by atoms with Gasteiger partial charge in [-0.1, -0.05) is 0 Å². The topological polar surface area (TPSA) is 39.4 Å². The predicted molar refractivity (Wildman–Crippen MR) is 58.9 cm³/mol. The maximum Gasteiger partial charge on any atom is 0.230 e. The van der Waals surface area contributed by atoms with Gasteiger partial charge < -0.3 is 9.15 Å². The van der Waals surface area contributed by atoms with Gasteiger partial charge in [0, 0.05) is 7.11 Å². The first-order valence-electron chi connectivity index (χ1n) is 5.02. The largest absolute Gasteiger partial charge is 0.460 e. The second kappa shape index (κ2) is 4.10. The highest BCUT2D eigenvalue weighted by Crippen LogP contribution is 2.37. The van der Waals surface area contributed by atoms with Crippen molar-refractivity contribution in [2.45, 2.75) is 31.3 Å². The highest BCUT2D eigenvalue weighted by atomic mass is 79.9. The molecule has 1 aromatic heterocycles. The highest BCUT2D eigenvalue weighted by Gasteiger charge is 2.43. The van der Waals surface area contributed by atoms with Crippen molar-refractivity contribution in [1.82, 2.24) is 0 Å². The Kier molecular flexibility index (Phi) is 2.98. The van der Waals surface area contributed by atoms with Crippen LogP contribution in [0.25, 0.3) is 0 Å². The number of ketones is 1. The van der Waals surface area contributed by atoms with Crippen molar-refractivity contribution >= 4 is 21.7 Å². The molecule has 0 atom stereocenters. The Labute approximate surface area is 96.9 Å². The van der Waals surface area contributed by atoms with Gasteiger partial charge in [-0.25, -0.2) is 0 Å². The first-order valence-corrected chi connectivity index (χ1v) is 5.82. The lowest BCUT2D eigenvalue weighted by Crippen LogP contribution is -2.37. The normalized spacial score (nSPS) is 19.3. The summed E-state index contributed by atoms with van der Waals surface area (Å²) in [6, 6.07) is 1.73. The average Bonchev–Trinajstić information content (AvgIpc) is 2.86. The van der Waals surface area contributed by atoms with Crippen molar-refractivity contribution in [3.63, 3.8) is 0 Å². The zero-order valence-corrected chi connectivity index (χ0v) is 10.2. The fourth-order valence-electron chi connectivity index (χ4n) is 2.13. The van der Waals surface area contributed by atoms with E-state index in [0.29, 0.717) is 10.2 Å². The van der Waals surface area contributed by atoms with Crippen molar-refractivity contribution in [1.29, 1.82) is 0 Å². The number of carbonyl (C=O) groups excluding carboxylic acids is 1. The number of hydrogen-bond donors (Lipinski definition) is 0. The van der Waals surface area contributed by atoms with E-state index in [4.69, 9.17) is 9.15 Å². The van der Waals surface area contributed by atoms with Gasteiger partial charge in [-0.15, -0.1) is 0 Å². The van der Waals surface area contributed by atoms with E-state index >= 15 is 0 Å². The summed E-state index contributed by atoms with van der Waals surface area (Å²) in [6.45, 7) is 0. The molecule has 0 amide bonds. The van der Waals surface area contributed by atoms with E-state index in [1.54, 1.807) is 13.2 Å². The van der Waals surface area contributed by atoms with E-state index in [-0.39, 0.29) is 5.78 Å². The molecule has 82 valence electrons. The predicted octanol–water partition coefficient (Wildman–Crippen LogP) is 3.18. The van der Waals surface area contributed by atoms with Gasteiger partial charge in [0.15, 0.2) is 5.76 Å². The van der Waals surface area contributed by atoms with Gasteiger partial charge >= 0.3 is 0 Å². The Balaban J connectivity index is 2.30. The molecule has 0 saturated heterocycles. The summed E-state index contributed by atoms with van der Waals surface area (Å²) in [7, 11) is 1.60. The van der Waals surface area contributed by atoms with Gasteiger partial charge in [0.05, 0.1) is 10.7 Å². The third kappa shape index (κ3) is 1.76. The summed E-state index contributed by atoms with van der Waals surface area (Å²) in [5.74, 6) is 0.332. The van der Waals surface area contributed by atoms with Gasteiger partial charge in [-0.05, 0) is 47.7 Å². The van der Waals surface area contributed by atoms with E-state index in [2.05, 4.69) is 15.9 Å². The average molecular weight is 273 g/mol. The molecule has 0 bridgehead atoms.